The Bertz CT molecular complexity index is 565. The van der Waals surface area contributed by atoms with Crippen LogP contribution < -0.4 is 5.73 Å². The third kappa shape index (κ3) is 3.78. The Morgan fingerprint density at radius 3 is 2.18 bits per heavy atom. The van der Waals surface area contributed by atoms with Gasteiger partial charge in [-0.05, 0) is 60.6 Å². The zero-order valence-corrected chi connectivity index (χ0v) is 13.5. The lowest BCUT2D eigenvalue weighted by atomic mass is 9.81. The quantitative estimate of drug-likeness (QED) is 0.841. The first-order valence-corrected chi connectivity index (χ1v) is 8.61. The summed E-state index contributed by atoms with van der Waals surface area (Å²) in [6, 6.07) is 20.6. The van der Waals surface area contributed by atoms with Crippen molar-refractivity contribution in [3.05, 3.63) is 71.3 Å². The van der Waals surface area contributed by atoms with Crippen LogP contribution in [0.3, 0.4) is 0 Å². The van der Waals surface area contributed by atoms with Gasteiger partial charge in [0.05, 0.1) is 0 Å². The Labute approximate surface area is 134 Å². The largest absolute Gasteiger partial charge is 0.328 e. The maximum Gasteiger partial charge on any atom is 0.00392 e. The topological polar surface area (TPSA) is 26.0 Å². The molecule has 0 spiro atoms. The van der Waals surface area contributed by atoms with Crippen LogP contribution in [-0.2, 0) is 6.42 Å². The van der Waals surface area contributed by atoms with E-state index in [0.29, 0.717) is 12.0 Å². The smallest absolute Gasteiger partial charge is 0.00392 e. The minimum atomic E-state index is 0.433. The maximum absolute atomic E-state index is 6.01. The van der Waals surface area contributed by atoms with Crippen LogP contribution in [0.15, 0.2) is 54.6 Å². The van der Waals surface area contributed by atoms with Crippen molar-refractivity contribution in [2.75, 3.05) is 0 Å². The van der Waals surface area contributed by atoms with Gasteiger partial charge in [0, 0.05) is 6.04 Å². The lowest BCUT2D eigenvalue weighted by Crippen LogP contribution is -2.25. The predicted octanol–water partition coefficient (Wildman–Crippen LogP) is 5.02. The van der Waals surface area contributed by atoms with Crippen molar-refractivity contribution in [2.24, 2.45) is 5.73 Å². The Balaban J connectivity index is 1.62. The zero-order valence-electron chi connectivity index (χ0n) is 13.5. The van der Waals surface area contributed by atoms with E-state index in [2.05, 4.69) is 61.5 Å². The molecular formula is C21H27N. The number of hydrogen-bond donors (Lipinski definition) is 1. The highest BCUT2D eigenvalue weighted by molar-refractivity contribution is 5.28. The highest BCUT2D eigenvalue weighted by Crippen LogP contribution is 2.32. The molecule has 1 atom stereocenters. The van der Waals surface area contributed by atoms with Gasteiger partial charge in [-0.3, -0.25) is 0 Å². The van der Waals surface area contributed by atoms with Gasteiger partial charge in [0.1, 0.15) is 0 Å². The molecule has 1 saturated carbocycles. The van der Waals surface area contributed by atoms with Crippen molar-refractivity contribution in [2.45, 2.75) is 56.9 Å². The van der Waals surface area contributed by atoms with E-state index in [1.165, 1.54) is 42.4 Å². The molecule has 2 aromatic carbocycles. The fourth-order valence-electron chi connectivity index (χ4n) is 3.63. The van der Waals surface area contributed by atoms with Crippen molar-refractivity contribution in [3.8, 4) is 0 Å². The molecule has 0 aliphatic heterocycles. The molecule has 2 N–H and O–H groups in total. The summed E-state index contributed by atoms with van der Waals surface area (Å²) < 4.78 is 0. The number of hydrogen-bond acceptors (Lipinski definition) is 1. The van der Waals surface area contributed by atoms with Gasteiger partial charge < -0.3 is 5.73 Å². The van der Waals surface area contributed by atoms with Crippen molar-refractivity contribution >= 4 is 0 Å². The Morgan fingerprint density at radius 2 is 1.55 bits per heavy atom. The van der Waals surface area contributed by atoms with Gasteiger partial charge in [0.15, 0.2) is 0 Å². The van der Waals surface area contributed by atoms with E-state index in [0.717, 1.165) is 12.3 Å². The van der Waals surface area contributed by atoms with Crippen LogP contribution in [0.25, 0.3) is 0 Å². The lowest BCUT2D eigenvalue weighted by Gasteiger charge is -2.26. The summed E-state index contributed by atoms with van der Waals surface area (Å²) in [5.41, 5.74) is 10.4. The molecule has 1 nitrogen and oxygen atoms in total. The summed E-state index contributed by atoms with van der Waals surface area (Å²) in [7, 11) is 0. The molecule has 22 heavy (non-hydrogen) atoms. The average Bonchev–Trinajstić information content (AvgIpc) is 2.57. The van der Waals surface area contributed by atoms with Crippen LogP contribution in [-0.4, -0.2) is 6.04 Å². The molecule has 1 fully saturated rings. The van der Waals surface area contributed by atoms with E-state index < -0.39 is 0 Å². The fraction of sp³-hybridized carbons (Fsp3) is 0.429. The van der Waals surface area contributed by atoms with E-state index in [9.17, 15) is 0 Å². The van der Waals surface area contributed by atoms with Crippen LogP contribution in [0.1, 0.15) is 61.1 Å². The first kappa shape index (κ1) is 15.3. The normalized spacial score (nSPS) is 23.2. The van der Waals surface area contributed by atoms with Crippen molar-refractivity contribution in [3.63, 3.8) is 0 Å². The molecule has 0 bridgehead atoms. The standard InChI is InChI=1S/C21H27N/c1-16(18-5-3-2-4-6-18)15-17-7-9-19(10-8-17)20-11-13-21(22)14-12-20/h2-10,16,20-21H,11-15,22H2,1H3. The van der Waals surface area contributed by atoms with Gasteiger partial charge in [0.25, 0.3) is 0 Å². The molecule has 0 amide bonds. The molecule has 116 valence electrons. The first-order valence-electron chi connectivity index (χ1n) is 8.61. The highest BCUT2D eigenvalue weighted by atomic mass is 14.6. The monoisotopic (exact) mass is 293 g/mol. The van der Waals surface area contributed by atoms with Crippen molar-refractivity contribution < 1.29 is 0 Å². The molecule has 0 aromatic heterocycles. The summed E-state index contributed by atoms with van der Waals surface area (Å²) in [6.45, 7) is 2.31. The molecule has 0 radical (unpaired) electrons. The molecule has 1 unspecified atom stereocenters. The summed E-state index contributed by atoms with van der Waals surface area (Å²) >= 11 is 0. The zero-order chi connectivity index (χ0) is 15.4. The Kier molecular flexibility index (Phi) is 4.94. The Morgan fingerprint density at radius 1 is 0.909 bits per heavy atom. The van der Waals surface area contributed by atoms with E-state index in [1.807, 2.05) is 0 Å². The molecule has 0 heterocycles. The molecule has 0 saturated heterocycles. The van der Waals surface area contributed by atoms with E-state index in [-0.39, 0.29) is 0 Å². The van der Waals surface area contributed by atoms with Crippen LogP contribution in [0, 0.1) is 0 Å². The van der Waals surface area contributed by atoms with E-state index in [1.54, 1.807) is 0 Å². The van der Waals surface area contributed by atoms with Crippen LogP contribution in [0.4, 0.5) is 0 Å². The Hall–Kier alpha value is -1.60. The van der Waals surface area contributed by atoms with Gasteiger partial charge in [0.2, 0.25) is 0 Å². The van der Waals surface area contributed by atoms with E-state index in [4.69, 9.17) is 5.73 Å². The van der Waals surface area contributed by atoms with E-state index >= 15 is 0 Å². The molecule has 1 aliphatic carbocycles. The average molecular weight is 293 g/mol. The van der Waals surface area contributed by atoms with Crippen LogP contribution in [0.5, 0.6) is 0 Å². The van der Waals surface area contributed by atoms with Crippen molar-refractivity contribution in [1.29, 1.82) is 0 Å². The second kappa shape index (κ2) is 7.11. The lowest BCUT2D eigenvalue weighted by molar-refractivity contribution is 0.395. The summed E-state index contributed by atoms with van der Waals surface area (Å²) in [6.07, 6.45) is 5.97. The van der Waals surface area contributed by atoms with Gasteiger partial charge in [-0.1, -0.05) is 61.5 Å². The van der Waals surface area contributed by atoms with Gasteiger partial charge >= 0.3 is 0 Å². The minimum absolute atomic E-state index is 0.433. The molecule has 2 aromatic rings. The second-order valence-electron chi connectivity index (χ2n) is 6.87. The SMILES string of the molecule is CC(Cc1ccc(C2CCC(N)CC2)cc1)c1ccccc1. The van der Waals surface area contributed by atoms with Gasteiger partial charge in [-0.2, -0.15) is 0 Å². The second-order valence-corrected chi connectivity index (χ2v) is 6.87. The number of nitrogens with two attached hydrogens (primary N) is 1. The van der Waals surface area contributed by atoms with Crippen molar-refractivity contribution in [1.82, 2.24) is 0 Å². The summed E-state index contributed by atoms with van der Waals surface area (Å²) in [4.78, 5) is 0. The summed E-state index contributed by atoms with van der Waals surface area (Å²) in [5, 5.41) is 0. The predicted molar refractivity (Wildman–Crippen MR) is 94.2 cm³/mol. The minimum Gasteiger partial charge on any atom is -0.328 e. The highest BCUT2D eigenvalue weighted by Gasteiger charge is 2.19. The number of benzene rings is 2. The molecule has 3 rings (SSSR count). The third-order valence-corrected chi connectivity index (χ3v) is 5.13. The molecule has 1 aliphatic rings. The van der Waals surface area contributed by atoms with Crippen LogP contribution in [0.2, 0.25) is 0 Å². The van der Waals surface area contributed by atoms with Crippen LogP contribution >= 0.6 is 0 Å². The summed E-state index contributed by atoms with van der Waals surface area (Å²) in [5.74, 6) is 1.29. The molecule has 1 heteroatoms. The maximum atomic E-state index is 6.01. The fourth-order valence-corrected chi connectivity index (χ4v) is 3.63. The third-order valence-electron chi connectivity index (χ3n) is 5.13. The molecular weight excluding hydrogens is 266 g/mol. The van der Waals surface area contributed by atoms with Gasteiger partial charge in [-0.25, -0.2) is 0 Å². The van der Waals surface area contributed by atoms with Gasteiger partial charge in [-0.15, -0.1) is 0 Å². The first-order chi connectivity index (χ1) is 10.7. The number of rotatable bonds is 4.